The van der Waals surface area contributed by atoms with Gasteiger partial charge in [-0.15, -0.1) is 11.8 Å². The van der Waals surface area contributed by atoms with Crippen molar-refractivity contribution in [3.8, 4) is 22.8 Å². The van der Waals surface area contributed by atoms with Crippen molar-refractivity contribution in [2.45, 2.75) is 37.4 Å². The number of carbonyl (C=O) groups is 1. The summed E-state index contributed by atoms with van der Waals surface area (Å²) in [4.78, 5) is 17.1. The first-order chi connectivity index (χ1) is 16.4. The molecule has 0 aliphatic rings. The van der Waals surface area contributed by atoms with E-state index in [0.29, 0.717) is 27.3 Å². The smallest absolute Gasteiger partial charge is 0.264 e. The van der Waals surface area contributed by atoms with Crippen LogP contribution in [0.2, 0.25) is 5.02 Å². The molecule has 2 aromatic carbocycles. The molecule has 176 valence electrons. The molecule has 2 aromatic heterocycles. The summed E-state index contributed by atoms with van der Waals surface area (Å²) in [6, 6.07) is 17.3. The van der Waals surface area contributed by atoms with Crippen LogP contribution in [0.15, 0.2) is 64.1 Å². The van der Waals surface area contributed by atoms with E-state index in [-0.39, 0.29) is 24.4 Å². The summed E-state index contributed by atoms with van der Waals surface area (Å²) in [5, 5.41) is 12.8. The Morgan fingerprint density at radius 3 is 2.65 bits per heavy atom. The highest BCUT2D eigenvalue weighted by Crippen LogP contribution is 2.34. The van der Waals surface area contributed by atoms with Crippen molar-refractivity contribution in [2.24, 2.45) is 0 Å². The molecule has 1 amide bonds. The van der Waals surface area contributed by atoms with Gasteiger partial charge in [-0.05, 0) is 55.9 Å². The Bertz CT molecular complexity index is 1260. The van der Waals surface area contributed by atoms with Crippen molar-refractivity contribution in [1.82, 2.24) is 25.2 Å². The van der Waals surface area contributed by atoms with E-state index >= 15 is 0 Å². The van der Waals surface area contributed by atoms with Crippen molar-refractivity contribution >= 4 is 35.1 Å². The molecular formula is C24H25ClN6O2S. The van der Waals surface area contributed by atoms with Gasteiger partial charge in [-0.1, -0.05) is 47.1 Å². The Morgan fingerprint density at radius 2 is 1.94 bits per heavy atom. The molecular weight excluding hydrogens is 472 g/mol. The molecule has 0 fully saturated rings. The van der Waals surface area contributed by atoms with E-state index in [2.05, 4.69) is 32.7 Å². The van der Waals surface area contributed by atoms with Gasteiger partial charge in [0, 0.05) is 16.6 Å². The van der Waals surface area contributed by atoms with Gasteiger partial charge in [0.05, 0.1) is 0 Å². The van der Waals surface area contributed by atoms with Crippen molar-refractivity contribution < 1.29 is 9.32 Å². The molecule has 1 atom stereocenters. The number of rotatable bonds is 9. The summed E-state index contributed by atoms with van der Waals surface area (Å²) in [5.41, 5.74) is 8.88. The molecule has 8 nitrogen and oxygen atoms in total. The van der Waals surface area contributed by atoms with E-state index in [1.54, 1.807) is 12.1 Å². The number of nitrogens with two attached hydrogens (primary N) is 1. The lowest BCUT2D eigenvalue weighted by molar-refractivity contribution is -0.122. The Labute approximate surface area is 206 Å². The standard InChI is InChI=1S/C24H25ClN6O2S/c1-15(8-9-16-6-4-3-5-7-16)27-19(32)14-31-21(26)20(24(29-31)34-2)23-28-22(30-33-23)17-10-12-18(25)13-11-17/h3-7,10-13,15H,8-9,14,26H2,1-2H3,(H,27,32)/t15-/m1/s1. The average Bonchev–Trinajstić information content (AvgIpc) is 3.43. The average molecular weight is 497 g/mol. The third-order valence-electron chi connectivity index (χ3n) is 5.30. The molecule has 0 bridgehead atoms. The summed E-state index contributed by atoms with van der Waals surface area (Å²) in [5.74, 6) is 0.787. The maximum absolute atomic E-state index is 12.7. The number of benzene rings is 2. The molecule has 0 aliphatic carbocycles. The van der Waals surface area contributed by atoms with Crippen LogP contribution in [-0.2, 0) is 17.8 Å². The van der Waals surface area contributed by atoms with Crippen molar-refractivity contribution in [1.29, 1.82) is 0 Å². The first kappa shape index (κ1) is 23.8. The van der Waals surface area contributed by atoms with Crippen LogP contribution >= 0.6 is 23.4 Å². The number of nitrogens with zero attached hydrogens (tertiary/aromatic N) is 4. The molecule has 0 aliphatic heterocycles. The zero-order chi connectivity index (χ0) is 24.1. The molecule has 34 heavy (non-hydrogen) atoms. The van der Waals surface area contributed by atoms with Crippen molar-refractivity contribution in [2.75, 3.05) is 12.0 Å². The highest BCUT2D eigenvalue weighted by atomic mass is 35.5. The van der Waals surface area contributed by atoms with Gasteiger partial charge in [-0.3, -0.25) is 4.79 Å². The molecule has 0 spiro atoms. The largest absolute Gasteiger partial charge is 0.383 e. The molecule has 2 heterocycles. The maximum Gasteiger partial charge on any atom is 0.264 e. The van der Waals surface area contributed by atoms with Gasteiger partial charge in [-0.25, -0.2) is 4.68 Å². The monoisotopic (exact) mass is 496 g/mol. The third-order valence-corrected chi connectivity index (χ3v) is 6.23. The molecule has 0 saturated carbocycles. The fourth-order valence-electron chi connectivity index (χ4n) is 3.51. The Balaban J connectivity index is 1.44. The quantitative estimate of drug-likeness (QED) is 0.323. The molecule has 4 aromatic rings. The van der Waals surface area contributed by atoms with Crippen LogP contribution in [0.25, 0.3) is 22.8 Å². The van der Waals surface area contributed by atoms with Gasteiger partial charge in [0.1, 0.15) is 23.0 Å². The highest BCUT2D eigenvalue weighted by Gasteiger charge is 2.24. The van der Waals surface area contributed by atoms with Crippen LogP contribution in [0.5, 0.6) is 0 Å². The summed E-state index contributed by atoms with van der Waals surface area (Å²) in [6.45, 7) is 1.98. The predicted octanol–water partition coefficient (Wildman–Crippen LogP) is 4.70. The van der Waals surface area contributed by atoms with Gasteiger partial charge in [-0.2, -0.15) is 10.1 Å². The van der Waals surface area contributed by atoms with Crippen LogP contribution in [0.4, 0.5) is 5.82 Å². The lowest BCUT2D eigenvalue weighted by Crippen LogP contribution is -2.35. The minimum Gasteiger partial charge on any atom is -0.383 e. The molecule has 0 unspecified atom stereocenters. The SMILES string of the molecule is CSc1nn(CC(=O)N[C@H](C)CCc2ccccc2)c(N)c1-c1nc(-c2ccc(Cl)cc2)no1. The Kier molecular flexibility index (Phi) is 7.54. The van der Waals surface area contributed by atoms with Crippen LogP contribution in [0.3, 0.4) is 0 Å². The summed E-state index contributed by atoms with van der Waals surface area (Å²) >= 11 is 7.34. The zero-order valence-electron chi connectivity index (χ0n) is 18.9. The number of nitrogen functional groups attached to an aromatic ring is 1. The third kappa shape index (κ3) is 5.60. The lowest BCUT2D eigenvalue weighted by Gasteiger charge is -2.14. The Morgan fingerprint density at radius 1 is 1.21 bits per heavy atom. The molecule has 4 rings (SSSR count). The van der Waals surface area contributed by atoms with E-state index in [1.807, 2.05) is 43.5 Å². The van der Waals surface area contributed by atoms with Crippen LogP contribution < -0.4 is 11.1 Å². The first-order valence-electron chi connectivity index (χ1n) is 10.8. The highest BCUT2D eigenvalue weighted by molar-refractivity contribution is 7.98. The number of thioether (sulfide) groups is 1. The number of aryl methyl sites for hydroxylation is 1. The minimum atomic E-state index is -0.165. The van der Waals surface area contributed by atoms with Gasteiger partial charge >= 0.3 is 0 Å². The second-order valence-corrected chi connectivity index (χ2v) is 9.08. The topological polar surface area (TPSA) is 112 Å². The number of carbonyl (C=O) groups excluding carboxylic acids is 1. The number of nitrogens with one attached hydrogen (secondary N) is 1. The molecule has 3 N–H and O–H groups in total. The van der Waals surface area contributed by atoms with E-state index in [0.717, 1.165) is 18.4 Å². The number of aromatic nitrogens is 4. The van der Waals surface area contributed by atoms with Crippen molar-refractivity contribution in [3.63, 3.8) is 0 Å². The number of hydrogen-bond acceptors (Lipinski definition) is 7. The molecule has 0 saturated heterocycles. The van der Waals surface area contributed by atoms with Gasteiger partial charge in [0.15, 0.2) is 0 Å². The fraction of sp³-hybridized carbons (Fsp3) is 0.250. The van der Waals surface area contributed by atoms with E-state index in [1.165, 1.54) is 22.0 Å². The number of hydrogen-bond donors (Lipinski definition) is 2. The van der Waals surface area contributed by atoms with Crippen LogP contribution in [-0.4, -0.2) is 38.1 Å². The maximum atomic E-state index is 12.7. The van der Waals surface area contributed by atoms with E-state index in [9.17, 15) is 4.79 Å². The van der Waals surface area contributed by atoms with E-state index < -0.39 is 0 Å². The second kappa shape index (κ2) is 10.8. The van der Waals surface area contributed by atoms with Gasteiger partial charge < -0.3 is 15.6 Å². The molecule has 10 heteroatoms. The zero-order valence-corrected chi connectivity index (χ0v) is 20.4. The van der Waals surface area contributed by atoms with Gasteiger partial charge in [0.25, 0.3) is 5.89 Å². The summed E-state index contributed by atoms with van der Waals surface area (Å²) in [7, 11) is 0. The number of halogens is 1. The predicted molar refractivity (Wildman–Crippen MR) is 135 cm³/mol. The Hall–Kier alpha value is -3.30. The van der Waals surface area contributed by atoms with Crippen LogP contribution in [0.1, 0.15) is 18.9 Å². The summed E-state index contributed by atoms with van der Waals surface area (Å²) < 4.78 is 6.94. The summed E-state index contributed by atoms with van der Waals surface area (Å²) in [6.07, 6.45) is 3.60. The number of amides is 1. The van der Waals surface area contributed by atoms with E-state index in [4.69, 9.17) is 21.9 Å². The number of anilines is 1. The lowest BCUT2D eigenvalue weighted by atomic mass is 10.1. The fourth-order valence-corrected chi connectivity index (χ4v) is 4.22. The first-order valence-corrected chi connectivity index (χ1v) is 12.4. The second-order valence-electron chi connectivity index (χ2n) is 7.85. The minimum absolute atomic E-state index is 0.00670. The normalized spacial score (nSPS) is 12.0. The van der Waals surface area contributed by atoms with Crippen molar-refractivity contribution in [3.05, 3.63) is 65.2 Å². The molecule has 0 radical (unpaired) electrons. The van der Waals surface area contributed by atoms with Crippen LogP contribution in [0, 0.1) is 0 Å². The van der Waals surface area contributed by atoms with Gasteiger partial charge in [0.2, 0.25) is 11.7 Å².